The van der Waals surface area contributed by atoms with Crippen LogP contribution < -0.4 is 0 Å². The molecule has 0 radical (unpaired) electrons. The number of ether oxygens (including phenoxy) is 1. The summed E-state index contributed by atoms with van der Waals surface area (Å²) in [7, 11) is 0. The zero-order chi connectivity index (χ0) is 11.5. The summed E-state index contributed by atoms with van der Waals surface area (Å²) in [5.41, 5.74) is -2.27. The van der Waals surface area contributed by atoms with Gasteiger partial charge in [0.05, 0.1) is 12.0 Å². The van der Waals surface area contributed by atoms with E-state index in [0.29, 0.717) is 25.9 Å². The summed E-state index contributed by atoms with van der Waals surface area (Å²) >= 11 is 0. The molecule has 0 amide bonds. The van der Waals surface area contributed by atoms with Crippen LogP contribution in [0.3, 0.4) is 0 Å². The lowest BCUT2D eigenvalue weighted by molar-refractivity contribution is -0.193. The number of aliphatic hydroxyl groups is 1. The summed E-state index contributed by atoms with van der Waals surface area (Å²) in [6, 6.07) is 0. The Morgan fingerprint density at radius 3 is 2.40 bits per heavy atom. The van der Waals surface area contributed by atoms with Crippen molar-refractivity contribution in [3.05, 3.63) is 0 Å². The monoisotopic (exact) mass is 216 g/mol. The molecule has 0 aromatic rings. The van der Waals surface area contributed by atoms with E-state index in [1.54, 1.807) is 0 Å². The van der Waals surface area contributed by atoms with Crippen LogP contribution in [0.4, 0.5) is 0 Å². The van der Waals surface area contributed by atoms with Crippen LogP contribution in [0.5, 0.6) is 0 Å². The Hall–Kier alpha value is -0.610. The molecule has 2 N–H and O–H groups in total. The van der Waals surface area contributed by atoms with E-state index in [4.69, 9.17) is 4.74 Å². The van der Waals surface area contributed by atoms with Crippen LogP contribution in [0.1, 0.15) is 39.5 Å². The molecule has 4 heteroatoms. The molecular weight excluding hydrogens is 196 g/mol. The average molecular weight is 216 g/mol. The normalized spacial score (nSPS) is 27.7. The number of carbonyl (C=O) groups is 1. The van der Waals surface area contributed by atoms with Crippen molar-refractivity contribution in [2.75, 3.05) is 13.2 Å². The second-order valence-electron chi connectivity index (χ2n) is 4.28. The minimum atomic E-state index is -1.21. The zero-order valence-corrected chi connectivity index (χ0v) is 9.45. The fraction of sp³-hybridized carbons (Fsp3) is 0.909. The van der Waals surface area contributed by atoms with Crippen molar-refractivity contribution in [1.29, 1.82) is 0 Å². The van der Waals surface area contributed by atoms with Crippen molar-refractivity contribution < 1.29 is 19.7 Å². The van der Waals surface area contributed by atoms with Gasteiger partial charge in [0.25, 0.3) is 0 Å². The molecule has 1 unspecified atom stereocenters. The van der Waals surface area contributed by atoms with Crippen LogP contribution in [0.2, 0.25) is 0 Å². The second-order valence-corrected chi connectivity index (χ2v) is 4.28. The first-order chi connectivity index (χ1) is 7.02. The highest BCUT2D eigenvalue weighted by Gasteiger charge is 2.54. The Morgan fingerprint density at radius 1 is 1.47 bits per heavy atom. The standard InChI is InChI=1S/C11H20O4/c1-3-10(4-2,9(12)13)11(14)6-5-7-15-8-11/h14H,3-8H2,1-2H3,(H,12,13). The van der Waals surface area contributed by atoms with Gasteiger partial charge in [-0.25, -0.2) is 0 Å². The SMILES string of the molecule is CCC(CC)(C(=O)O)C1(O)CCCOC1. The van der Waals surface area contributed by atoms with E-state index >= 15 is 0 Å². The quantitative estimate of drug-likeness (QED) is 0.745. The molecule has 88 valence electrons. The van der Waals surface area contributed by atoms with E-state index in [0.717, 1.165) is 6.42 Å². The summed E-state index contributed by atoms with van der Waals surface area (Å²) in [4.78, 5) is 11.4. The van der Waals surface area contributed by atoms with Gasteiger partial charge < -0.3 is 14.9 Å². The third-order valence-corrected chi connectivity index (χ3v) is 3.73. The molecule has 1 saturated heterocycles. The first kappa shape index (κ1) is 12.5. The number of hydrogen-bond acceptors (Lipinski definition) is 3. The van der Waals surface area contributed by atoms with Gasteiger partial charge in [0, 0.05) is 6.61 Å². The average Bonchev–Trinajstić information content (AvgIpc) is 2.20. The molecule has 1 aliphatic heterocycles. The third kappa shape index (κ3) is 1.88. The molecule has 1 heterocycles. The highest BCUT2D eigenvalue weighted by atomic mass is 16.5. The Bertz CT molecular complexity index is 227. The van der Waals surface area contributed by atoms with Gasteiger partial charge in [-0.3, -0.25) is 4.79 Å². The lowest BCUT2D eigenvalue weighted by atomic mass is 9.66. The highest BCUT2D eigenvalue weighted by Crippen LogP contribution is 2.43. The van der Waals surface area contributed by atoms with Crippen LogP contribution in [0, 0.1) is 5.41 Å². The summed E-state index contributed by atoms with van der Waals surface area (Å²) in [6.45, 7) is 4.38. The molecule has 1 aliphatic rings. The lowest BCUT2D eigenvalue weighted by Crippen LogP contribution is -2.57. The minimum Gasteiger partial charge on any atom is -0.481 e. The van der Waals surface area contributed by atoms with Gasteiger partial charge in [-0.1, -0.05) is 13.8 Å². The van der Waals surface area contributed by atoms with E-state index in [-0.39, 0.29) is 6.61 Å². The van der Waals surface area contributed by atoms with Crippen LogP contribution in [0.25, 0.3) is 0 Å². The Balaban J connectivity index is 3.00. The van der Waals surface area contributed by atoms with Crippen molar-refractivity contribution in [1.82, 2.24) is 0 Å². The minimum absolute atomic E-state index is 0.140. The maximum Gasteiger partial charge on any atom is 0.312 e. The number of hydrogen-bond donors (Lipinski definition) is 2. The summed E-state index contributed by atoms with van der Waals surface area (Å²) in [5.74, 6) is -0.916. The molecular formula is C11H20O4. The molecule has 1 fully saturated rings. The van der Waals surface area contributed by atoms with Crippen molar-refractivity contribution in [3.8, 4) is 0 Å². The number of carboxylic acids is 1. The Kier molecular flexibility index (Phi) is 3.73. The molecule has 0 aromatic carbocycles. The van der Waals surface area contributed by atoms with Gasteiger partial charge in [-0.15, -0.1) is 0 Å². The predicted molar refractivity (Wildman–Crippen MR) is 55.7 cm³/mol. The van der Waals surface area contributed by atoms with Gasteiger partial charge in [0.1, 0.15) is 5.60 Å². The second kappa shape index (κ2) is 4.49. The van der Waals surface area contributed by atoms with Gasteiger partial charge >= 0.3 is 5.97 Å². The van der Waals surface area contributed by atoms with E-state index in [1.807, 2.05) is 13.8 Å². The van der Waals surface area contributed by atoms with Gasteiger partial charge in [0.15, 0.2) is 0 Å². The maximum atomic E-state index is 11.4. The highest BCUT2D eigenvalue weighted by molar-refractivity contribution is 5.76. The lowest BCUT2D eigenvalue weighted by Gasteiger charge is -2.45. The molecule has 0 aliphatic carbocycles. The van der Waals surface area contributed by atoms with Gasteiger partial charge in [-0.05, 0) is 25.7 Å². The van der Waals surface area contributed by atoms with Crippen LogP contribution >= 0.6 is 0 Å². The Morgan fingerprint density at radius 2 is 2.07 bits per heavy atom. The van der Waals surface area contributed by atoms with E-state index in [1.165, 1.54) is 0 Å². The van der Waals surface area contributed by atoms with Crippen molar-refractivity contribution >= 4 is 5.97 Å². The molecule has 0 spiro atoms. The molecule has 0 aromatic heterocycles. The smallest absolute Gasteiger partial charge is 0.312 e. The summed E-state index contributed by atoms with van der Waals surface area (Å²) in [5, 5.41) is 19.8. The molecule has 1 atom stereocenters. The zero-order valence-electron chi connectivity index (χ0n) is 9.45. The predicted octanol–water partition coefficient (Wildman–Crippen LogP) is 1.42. The number of aliphatic carboxylic acids is 1. The van der Waals surface area contributed by atoms with Crippen molar-refractivity contribution in [2.24, 2.45) is 5.41 Å². The van der Waals surface area contributed by atoms with Crippen molar-refractivity contribution in [3.63, 3.8) is 0 Å². The van der Waals surface area contributed by atoms with Crippen LogP contribution in [0.15, 0.2) is 0 Å². The first-order valence-electron chi connectivity index (χ1n) is 5.56. The summed E-state index contributed by atoms with van der Waals surface area (Å²) < 4.78 is 5.23. The van der Waals surface area contributed by atoms with E-state index in [9.17, 15) is 15.0 Å². The number of rotatable bonds is 4. The molecule has 0 bridgehead atoms. The fourth-order valence-corrected chi connectivity index (χ4v) is 2.57. The Labute approximate surface area is 90.2 Å². The van der Waals surface area contributed by atoms with Gasteiger partial charge in [-0.2, -0.15) is 0 Å². The molecule has 15 heavy (non-hydrogen) atoms. The summed E-state index contributed by atoms with van der Waals surface area (Å²) in [6.07, 6.45) is 2.10. The molecule has 1 rings (SSSR count). The largest absolute Gasteiger partial charge is 0.481 e. The number of carboxylic acid groups (broad SMARTS) is 1. The van der Waals surface area contributed by atoms with E-state index in [2.05, 4.69) is 0 Å². The molecule has 4 nitrogen and oxygen atoms in total. The molecule has 0 saturated carbocycles. The van der Waals surface area contributed by atoms with Crippen LogP contribution in [-0.4, -0.2) is 35.0 Å². The van der Waals surface area contributed by atoms with Crippen LogP contribution in [-0.2, 0) is 9.53 Å². The van der Waals surface area contributed by atoms with Gasteiger partial charge in [0.2, 0.25) is 0 Å². The first-order valence-corrected chi connectivity index (χ1v) is 5.56. The maximum absolute atomic E-state index is 11.4. The fourth-order valence-electron chi connectivity index (χ4n) is 2.57. The van der Waals surface area contributed by atoms with Crippen molar-refractivity contribution in [2.45, 2.75) is 45.1 Å². The topological polar surface area (TPSA) is 66.8 Å². The van der Waals surface area contributed by atoms with E-state index < -0.39 is 17.0 Å². The third-order valence-electron chi connectivity index (χ3n) is 3.73.